The van der Waals surface area contributed by atoms with Gasteiger partial charge in [-0.15, -0.1) is 0 Å². The molecule has 3 aromatic rings. The number of benzene rings is 2. The summed E-state index contributed by atoms with van der Waals surface area (Å²) in [5.74, 6) is -0.647. The van der Waals surface area contributed by atoms with E-state index in [4.69, 9.17) is 9.26 Å². The molecule has 0 unspecified atom stereocenters. The van der Waals surface area contributed by atoms with Crippen LogP contribution in [0.1, 0.15) is 16.2 Å². The maximum absolute atomic E-state index is 13.9. The molecule has 2 heterocycles. The van der Waals surface area contributed by atoms with Gasteiger partial charge in [-0.2, -0.15) is 4.98 Å². The zero-order valence-corrected chi connectivity index (χ0v) is 16.3. The molecule has 1 aliphatic rings. The third kappa shape index (κ3) is 4.16. The lowest BCUT2D eigenvalue weighted by Crippen LogP contribution is -2.48. The Kier molecular flexibility index (Phi) is 5.71. The first-order chi connectivity index (χ1) is 14.5. The lowest BCUT2D eigenvalue weighted by molar-refractivity contribution is 0.0606. The van der Waals surface area contributed by atoms with Crippen LogP contribution in [0.3, 0.4) is 0 Å². The van der Waals surface area contributed by atoms with Crippen LogP contribution in [0.2, 0.25) is 0 Å². The molecule has 7 nitrogen and oxygen atoms in total. The van der Waals surface area contributed by atoms with Gasteiger partial charge in [0.2, 0.25) is 11.7 Å². The zero-order valence-electron chi connectivity index (χ0n) is 16.3. The van der Waals surface area contributed by atoms with Gasteiger partial charge in [0.25, 0.3) is 5.91 Å². The van der Waals surface area contributed by atoms with Crippen molar-refractivity contribution in [1.82, 2.24) is 19.9 Å². The van der Waals surface area contributed by atoms with Crippen molar-refractivity contribution < 1.29 is 22.8 Å². The van der Waals surface area contributed by atoms with Crippen LogP contribution >= 0.6 is 0 Å². The SMILES string of the molecule is COc1ccc(-c2noc(CN3CCN(C(=O)c4c(F)cccc4F)CC3)n2)cc1. The molecule has 0 bridgehead atoms. The van der Waals surface area contributed by atoms with Crippen molar-refractivity contribution in [1.29, 1.82) is 0 Å². The summed E-state index contributed by atoms with van der Waals surface area (Å²) in [4.78, 5) is 20.4. The van der Waals surface area contributed by atoms with Crippen LogP contribution in [0.4, 0.5) is 8.78 Å². The minimum atomic E-state index is -0.848. The first-order valence-electron chi connectivity index (χ1n) is 9.48. The van der Waals surface area contributed by atoms with Crippen molar-refractivity contribution in [3.05, 3.63) is 65.6 Å². The standard InChI is InChI=1S/C21H20F2N4O3/c1-29-15-7-5-14(6-8-15)20-24-18(30-25-20)13-26-9-11-27(12-10-26)21(28)19-16(22)3-2-4-17(19)23/h2-8H,9-13H2,1H3. The number of hydrogen-bond donors (Lipinski definition) is 0. The molecule has 156 valence electrons. The molecule has 0 N–H and O–H groups in total. The van der Waals surface area contributed by atoms with Gasteiger partial charge in [-0.3, -0.25) is 9.69 Å². The molecule has 1 aliphatic heterocycles. The number of methoxy groups -OCH3 is 1. The van der Waals surface area contributed by atoms with E-state index >= 15 is 0 Å². The Morgan fingerprint density at radius 3 is 2.37 bits per heavy atom. The summed E-state index contributed by atoms with van der Waals surface area (Å²) in [7, 11) is 1.60. The predicted molar refractivity (Wildman–Crippen MR) is 104 cm³/mol. The second-order valence-electron chi connectivity index (χ2n) is 6.91. The molecular weight excluding hydrogens is 394 g/mol. The Hall–Kier alpha value is -3.33. The Bertz CT molecular complexity index is 1010. The van der Waals surface area contributed by atoms with E-state index in [9.17, 15) is 13.6 Å². The number of amides is 1. The summed E-state index contributed by atoms with van der Waals surface area (Å²) in [6, 6.07) is 10.7. The number of carbonyl (C=O) groups is 1. The zero-order chi connectivity index (χ0) is 21.1. The number of halogens is 2. The summed E-state index contributed by atoms with van der Waals surface area (Å²) in [5, 5.41) is 4.01. The fourth-order valence-electron chi connectivity index (χ4n) is 3.34. The van der Waals surface area contributed by atoms with Gasteiger partial charge in [0.05, 0.1) is 13.7 Å². The van der Waals surface area contributed by atoms with E-state index in [1.54, 1.807) is 7.11 Å². The van der Waals surface area contributed by atoms with E-state index in [-0.39, 0.29) is 0 Å². The highest BCUT2D eigenvalue weighted by molar-refractivity contribution is 5.94. The normalized spacial score (nSPS) is 14.7. The molecular formula is C21H20F2N4O3. The van der Waals surface area contributed by atoms with Gasteiger partial charge < -0.3 is 14.2 Å². The van der Waals surface area contributed by atoms with Gasteiger partial charge in [0.1, 0.15) is 22.9 Å². The Balaban J connectivity index is 1.35. The van der Waals surface area contributed by atoms with Crippen molar-refractivity contribution in [3.8, 4) is 17.1 Å². The Morgan fingerprint density at radius 1 is 1.07 bits per heavy atom. The van der Waals surface area contributed by atoms with E-state index in [1.807, 2.05) is 29.2 Å². The largest absolute Gasteiger partial charge is 0.497 e. The van der Waals surface area contributed by atoms with Crippen LogP contribution in [0.25, 0.3) is 11.4 Å². The molecule has 1 aromatic heterocycles. The summed E-state index contributed by atoms with van der Waals surface area (Å²) in [6.45, 7) is 2.20. The van der Waals surface area contributed by atoms with Gasteiger partial charge in [0, 0.05) is 31.7 Å². The molecule has 1 saturated heterocycles. The molecule has 0 spiro atoms. The Labute approximate surface area is 171 Å². The first-order valence-corrected chi connectivity index (χ1v) is 9.48. The van der Waals surface area contributed by atoms with Crippen molar-refractivity contribution in [2.75, 3.05) is 33.3 Å². The maximum atomic E-state index is 13.9. The number of ether oxygens (including phenoxy) is 1. The van der Waals surface area contributed by atoms with Crippen LogP contribution < -0.4 is 4.74 Å². The Morgan fingerprint density at radius 2 is 1.73 bits per heavy atom. The highest BCUT2D eigenvalue weighted by Crippen LogP contribution is 2.21. The average molecular weight is 414 g/mol. The number of carbonyl (C=O) groups excluding carboxylic acids is 1. The molecule has 30 heavy (non-hydrogen) atoms. The first kappa shape index (κ1) is 20.0. The van der Waals surface area contributed by atoms with Crippen molar-refractivity contribution in [2.24, 2.45) is 0 Å². The summed E-state index contributed by atoms with van der Waals surface area (Å²) < 4.78 is 38.2. The average Bonchev–Trinajstić information content (AvgIpc) is 3.22. The summed E-state index contributed by atoms with van der Waals surface area (Å²) >= 11 is 0. The van der Waals surface area contributed by atoms with Crippen LogP contribution in [0.15, 0.2) is 47.0 Å². The number of rotatable bonds is 5. The van der Waals surface area contributed by atoms with Crippen molar-refractivity contribution in [3.63, 3.8) is 0 Å². The molecule has 0 atom stereocenters. The molecule has 1 amide bonds. The van der Waals surface area contributed by atoms with Crippen LogP contribution in [-0.2, 0) is 6.54 Å². The predicted octanol–water partition coefficient (Wildman–Crippen LogP) is 2.98. The lowest BCUT2D eigenvalue weighted by Gasteiger charge is -2.34. The summed E-state index contributed by atoms with van der Waals surface area (Å²) in [5.41, 5.74) is 0.306. The molecule has 1 fully saturated rings. The highest BCUT2D eigenvalue weighted by atomic mass is 19.1. The fraction of sp³-hybridized carbons (Fsp3) is 0.286. The van der Waals surface area contributed by atoms with Gasteiger partial charge in [-0.1, -0.05) is 11.2 Å². The number of aromatic nitrogens is 2. The van der Waals surface area contributed by atoms with Crippen molar-refractivity contribution in [2.45, 2.75) is 6.54 Å². The van der Waals surface area contributed by atoms with Gasteiger partial charge >= 0.3 is 0 Å². The number of nitrogens with zero attached hydrogens (tertiary/aromatic N) is 4. The topological polar surface area (TPSA) is 71.7 Å². The summed E-state index contributed by atoms with van der Waals surface area (Å²) in [6.07, 6.45) is 0. The monoisotopic (exact) mass is 414 g/mol. The second-order valence-corrected chi connectivity index (χ2v) is 6.91. The minimum Gasteiger partial charge on any atom is -0.497 e. The second kappa shape index (κ2) is 8.58. The molecule has 0 saturated carbocycles. The van der Waals surface area contributed by atoms with Gasteiger partial charge in [0.15, 0.2) is 0 Å². The smallest absolute Gasteiger partial charge is 0.259 e. The highest BCUT2D eigenvalue weighted by Gasteiger charge is 2.27. The lowest BCUT2D eigenvalue weighted by atomic mass is 10.1. The molecule has 0 radical (unpaired) electrons. The third-order valence-corrected chi connectivity index (χ3v) is 5.01. The van der Waals surface area contributed by atoms with Crippen LogP contribution in [0, 0.1) is 11.6 Å². The van der Waals surface area contributed by atoms with Crippen LogP contribution in [0.5, 0.6) is 5.75 Å². The third-order valence-electron chi connectivity index (χ3n) is 5.01. The molecule has 4 rings (SSSR count). The minimum absolute atomic E-state index is 0.353. The van der Waals surface area contributed by atoms with Crippen LogP contribution in [-0.4, -0.2) is 59.1 Å². The van der Waals surface area contributed by atoms with Gasteiger partial charge in [-0.05, 0) is 36.4 Å². The maximum Gasteiger partial charge on any atom is 0.259 e. The van der Waals surface area contributed by atoms with E-state index in [2.05, 4.69) is 10.1 Å². The quantitative estimate of drug-likeness (QED) is 0.639. The molecule has 2 aromatic carbocycles. The van der Waals surface area contributed by atoms with E-state index in [0.29, 0.717) is 44.4 Å². The molecule has 9 heteroatoms. The number of piperazine rings is 1. The van der Waals surface area contributed by atoms with Gasteiger partial charge in [-0.25, -0.2) is 8.78 Å². The van der Waals surface area contributed by atoms with Crippen molar-refractivity contribution >= 4 is 5.91 Å². The van der Waals surface area contributed by atoms with E-state index in [1.165, 1.54) is 11.0 Å². The molecule has 0 aliphatic carbocycles. The van der Waals surface area contributed by atoms with E-state index in [0.717, 1.165) is 23.4 Å². The number of hydrogen-bond acceptors (Lipinski definition) is 6. The fourth-order valence-corrected chi connectivity index (χ4v) is 3.34. The van der Waals surface area contributed by atoms with E-state index < -0.39 is 23.1 Å².